The van der Waals surface area contributed by atoms with Crippen molar-refractivity contribution in [3.05, 3.63) is 35.4 Å². The normalized spacial score (nSPS) is 14.4. The lowest BCUT2D eigenvalue weighted by molar-refractivity contribution is -0.154. The molecule has 0 heterocycles. The third kappa shape index (κ3) is 6.29. The summed E-state index contributed by atoms with van der Waals surface area (Å²) in [5.74, 6) is -8.10. The molecule has 1 rings (SSSR count). The van der Waals surface area contributed by atoms with Crippen LogP contribution in [0.25, 0.3) is 0 Å². The molecule has 1 aromatic rings. The summed E-state index contributed by atoms with van der Waals surface area (Å²) in [7, 11) is 0. The first-order chi connectivity index (χ1) is 14.0. The van der Waals surface area contributed by atoms with Gasteiger partial charge in [0, 0.05) is 11.6 Å². The number of hydrogen-bond acceptors (Lipinski definition) is 6. The summed E-state index contributed by atoms with van der Waals surface area (Å²) in [6, 6.07) is 3.91. The maximum Gasteiger partial charge on any atom is 0.416 e. The minimum Gasteiger partial charge on any atom is -0.465 e. The average Bonchev–Trinajstić information content (AvgIpc) is 2.66. The van der Waals surface area contributed by atoms with Crippen LogP contribution in [0.4, 0.5) is 13.2 Å². The maximum atomic E-state index is 13.3. The zero-order chi connectivity index (χ0) is 23.1. The molecule has 166 valence electrons. The van der Waals surface area contributed by atoms with Crippen LogP contribution in [0.5, 0.6) is 0 Å². The van der Waals surface area contributed by atoms with Gasteiger partial charge in [-0.2, -0.15) is 13.2 Å². The molecule has 0 fully saturated rings. The van der Waals surface area contributed by atoms with E-state index in [0.29, 0.717) is 0 Å². The van der Waals surface area contributed by atoms with Crippen molar-refractivity contribution in [3.8, 4) is 0 Å². The number of hydrogen-bond donors (Lipinski definition) is 1. The maximum absolute atomic E-state index is 13.3. The van der Waals surface area contributed by atoms with Crippen LogP contribution in [0.1, 0.15) is 37.8 Å². The van der Waals surface area contributed by atoms with Gasteiger partial charge >= 0.3 is 18.1 Å². The molecule has 0 bridgehead atoms. The lowest BCUT2D eigenvalue weighted by Crippen LogP contribution is -2.41. The number of ether oxygens (including phenoxy) is 2. The van der Waals surface area contributed by atoms with Crippen LogP contribution in [0.2, 0.25) is 0 Å². The van der Waals surface area contributed by atoms with E-state index in [4.69, 9.17) is 26.5 Å². The lowest BCUT2D eigenvalue weighted by atomic mass is 9.73. The van der Waals surface area contributed by atoms with Gasteiger partial charge in [-0.15, -0.1) is 11.6 Å². The van der Waals surface area contributed by atoms with Crippen molar-refractivity contribution >= 4 is 35.0 Å². The molecule has 0 aliphatic rings. The number of ketones is 1. The molecule has 0 aromatic heterocycles. The van der Waals surface area contributed by atoms with Gasteiger partial charge in [-0.25, -0.2) is 0 Å². The molecule has 10 heteroatoms. The minimum absolute atomic E-state index is 0.0640. The van der Waals surface area contributed by atoms with Crippen molar-refractivity contribution in [3.63, 3.8) is 0 Å². The number of alkyl halides is 4. The Labute approximate surface area is 177 Å². The Morgan fingerprint density at radius 3 is 2.03 bits per heavy atom. The molecular formula is C20H23ClF3NO5. The van der Waals surface area contributed by atoms with E-state index in [0.717, 1.165) is 18.2 Å². The number of halogens is 4. The molecule has 0 saturated heterocycles. The monoisotopic (exact) mass is 449 g/mol. The van der Waals surface area contributed by atoms with Gasteiger partial charge in [-0.3, -0.25) is 14.4 Å². The summed E-state index contributed by atoms with van der Waals surface area (Å²) in [4.78, 5) is 37.8. The number of nitrogens with one attached hydrogen (secondary N) is 1. The Morgan fingerprint density at radius 2 is 1.60 bits per heavy atom. The van der Waals surface area contributed by atoms with Gasteiger partial charge in [0.1, 0.15) is 11.8 Å². The van der Waals surface area contributed by atoms with Gasteiger partial charge in [0.15, 0.2) is 5.78 Å². The molecule has 3 unspecified atom stereocenters. The highest BCUT2D eigenvalue weighted by Gasteiger charge is 2.45. The topological polar surface area (TPSA) is 93.5 Å². The number of carbonyl (C=O) groups excluding carboxylic acids is 3. The van der Waals surface area contributed by atoms with Gasteiger partial charge < -0.3 is 14.9 Å². The van der Waals surface area contributed by atoms with Crippen LogP contribution >= 0.6 is 11.6 Å². The quantitative estimate of drug-likeness (QED) is 0.252. The molecule has 0 spiro atoms. The number of Topliss-reactive ketones (excluding diaryl/α,β-unsaturated/α-hetero) is 1. The van der Waals surface area contributed by atoms with Crippen molar-refractivity contribution in [2.75, 3.05) is 19.1 Å². The Morgan fingerprint density at radius 1 is 1.07 bits per heavy atom. The first-order valence-corrected chi connectivity index (χ1v) is 9.67. The zero-order valence-electron chi connectivity index (χ0n) is 16.7. The Bertz CT molecular complexity index is 797. The summed E-state index contributed by atoms with van der Waals surface area (Å²) in [6.45, 7) is 4.08. The molecule has 0 amide bonds. The van der Waals surface area contributed by atoms with Crippen LogP contribution in [0.15, 0.2) is 24.3 Å². The van der Waals surface area contributed by atoms with Gasteiger partial charge in [0.25, 0.3) is 0 Å². The van der Waals surface area contributed by atoms with Gasteiger partial charge in [0.2, 0.25) is 0 Å². The Kier molecular flexibility index (Phi) is 9.48. The van der Waals surface area contributed by atoms with Gasteiger partial charge in [-0.05, 0) is 32.4 Å². The molecule has 30 heavy (non-hydrogen) atoms. The number of esters is 2. The number of carbonyl (C=O) groups is 3. The van der Waals surface area contributed by atoms with E-state index in [1.165, 1.54) is 26.8 Å². The molecule has 0 saturated carbocycles. The predicted octanol–water partition coefficient (Wildman–Crippen LogP) is 4.00. The largest absolute Gasteiger partial charge is 0.465 e. The van der Waals surface area contributed by atoms with E-state index in [-0.39, 0.29) is 24.5 Å². The standard InChI is InChI=1S/C20H23ClF3NO5/c1-4-29-18(27)15(11(3)25)16(17(14(26)10-21)19(28)30-5-2)12-7-6-8-13(9-12)20(22,23)24/h6-9,15-17,25H,4-5,10H2,1-3H3. The summed E-state index contributed by atoms with van der Waals surface area (Å²) in [5.41, 5.74) is -1.45. The second kappa shape index (κ2) is 11.1. The van der Waals surface area contributed by atoms with E-state index in [1.807, 2.05) is 0 Å². The third-order valence-corrected chi connectivity index (χ3v) is 4.61. The van der Waals surface area contributed by atoms with Gasteiger partial charge in [-0.1, -0.05) is 18.2 Å². The molecule has 1 N–H and O–H groups in total. The highest BCUT2D eigenvalue weighted by molar-refractivity contribution is 6.29. The lowest BCUT2D eigenvalue weighted by Gasteiger charge is -2.30. The van der Waals surface area contributed by atoms with Crippen LogP contribution in [0.3, 0.4) is 0 Å². The Balaban J connectivity index is 3.77. The third-order valence-electron chi connectivity index (χ3n) is 4.34. The minimum atomic E-state index is -4.70. The molecule has 1 aromatic carbocycles. The van der Waals surface area contributed by atoms with Crippen LogP contribution in [-0.4, -0.2) is 42.5 Å². The Hall–Kier alpha value is -2.42. The van der Waals surface area contributed by atoms with E-state index < -0.39 is 53.1 Å². The highest BCUT2D eigenvalue weighted by Crippen LogP contribution is 2.39. The molecule has 0 aliphatic heterocycles. The van der Waals surface area contributed by atoms with Crippen molar-refractivity contribution in [1.29, 1.82) is 5.41 Å². The first kappa shape index (κ1) is 25.6. The number of rotatable bonds is 10. The summed E-state index contributed by atoms with van der Waals surface area (Å²) in [5, 5.41) is 8.03. The molecular weight excluding hydrogens is 427 g/mol. The SMILES string of the molecule is CCOC(=O)C(C(C)=N)C(c1cccc(C(F)(F)F)c1)C(C(=O)CCl)C(=O)OCC. The van der Waals surface area contributed by atoms with Crippen LogP contribution < -0.4 is 0 Å². The van der Waals surface area contributed by atoms with Gasteiger partial charge in [0.05, 0.1) is 24.7 Å². The van der Waals surface area contributed by atoms with E-state index in [9.17, 15) is 27.6 Å². The summed E-state index contributed by atoms with van der Waals surface area (Å²) in [6.07, 6.45) is -4.70. The summed E-state index contributed by atoms with van der Waals surface area (Å²) < 4.78 is 49.7. The highest BCUT2D eigenvalue weighted by atomic mass is 35.5. The van der Waals surface area contributed by atoms with E-state index in [2.05, 4.69) is 0 Å². The van der Waals surface area contributed by atoms with Crippen LogP contribution in [-0.2, 0) is 30.0 Å². The fourth-order valence-corrected chi connectivity index (χ4v) is 3.28. The fourth-order valence-electron chi connectivity index (χ4n) is 3.12. The molecule has 6 nitrogen and oxygen atoms in total. The van der Waals surface area contributed by atoms with Crippen molar-refractivity contribution in [2.24, 2.45) is 11.8 Å². The van der Waals surface area contributed by atoms with Crippen molar-refractivity contribution in [2.45, 2.75) is 32.9 Å². The van der Waals surface area contributed by atoms with Crippen molar-refractivity contribution < 1.29 is 37.0 Å². The molecule has 0 aliphatic carbocycles. The zero-order valence-corrected chi connectivity index (χ0v) is 17.5. The second-order valence-corrected chi connectivity index (χ2v) is 6.66. The predicted molar refractivity (Wildman–Crippen MR) is 104 cm³/mol. The van der Waals surface area contributed by atoms with Crippen molar-refractivity contribution in [1.82, 2.24) is 0 Å². The number of benzene rings is 1. The first-order valence-electron chi connectivity index (χ1n) is 9.13. The molecule has 3 atom stereocenters. The van der Waals surface area contributed by atoms with Crippen LogP contribution in [0, 0.1) is 17.2 Å². The van der Waals surface area contributed by atoms with E-state index in [1.54, 1.807) is 0 Å². The average molecular weight is 450 g/mol. The fraction of sp³-hybridized carbons (Fsp3) is 0.500. The van der Waals surface area contributed by atoms with E-state index >= 15 is 0 Å². The molecule has 0 radical (unpaired) electrons. The summed E-state index contributed by atoms with van der Waals surface area (Å²) >= 11 is 5.64. The second-order valence-electron chi connectivity index (χ2n) is 6.39. The smallest absolute Gasteiger partial charge is 0.416 e.